The van der Waals surface area contributed by atoms with E-state index in [0.29, 0.717) is 17.6 Å². The zero-order chi connectivity index (χ0) is 17.3. The molecule has 0 aliphatic carbocycles. The standard InChI is InChI=1S/C18H14O6/c1-22-14-6-4-3-5-10(14)15-8-13(21)17-16(24-15)7-12(20)11(9-19)18(17)23-2/h3-9,20H,1-2H3. The Hall–Kier alpha value is -3.28. The molecule has 2 aromatic carbocycles. The van der Waals surface area contributed by atoms with E-state index in [2.05, 4.69) is 0 Å². The van der Waals surface area contributed by atoms with Gasteiger partial charge in [-0.2, -0.15) is 0 Å². The highest BCUT2D eigenvalue weighted by Gasteiger charge is 2.19. The van der Waals surface area contributed by atoms with Crippen molar-refractivity contribution < 1.29 is 23.8 Å². The topological polar surface area (TPSA) is 86.0 Å². The van der Waals surface area contributed by atoms with Gasteiger partial charge in [-0.1, -0.05) is 12.1 Å². The molecule has 3 rings (SSSR count). The summed E-state index contributed by atoms with van der Waals surface area (Å²) in [4.78, 5) is 23.7. The van der Waals surface area contributed by atoms with Crippen molar-refractivity contribution in [3.8, 4) is 28.6 Å². The molecule has 0 unspecified atom stereocenters. The number of carbonyl (C=O) groups excluding carboxylic acids is 1. The summed E-state index contributed by atoms with van der Waals surface area (Å²) in [6.45, 7) is 0. The first kappa shape index (κ1) is 15.6. The zero-order valence-corrected chi connectivity index (χ0v) is 13.0. The predicted octanol–water partition coefficient (Wildman–Crippen LogP) is 3.00. The first-order valence-corrected chi connectivity index (χ1v) is 7.07. The van der Waals surface area contributed by atoms with Gasteiger partial charge in [0, 0.05) is 12.1 Å². The lowest BCUT2D eigenvalue weighted by Crippen LogP contribution is -2.05. The number of fused-ring (bicyclic) bond motifs is 1. The molecular weight excluding hydrogens is 312 g/mol. The Morgan fingerprint density at radius 3 is 2.54 bits per heavy atom. The third kappa shape index (κ3) is 2.38. The third-order valence-corrected chi connectivity index (χ3v) is 3.68. The molecule has 0 aliphatic heterocycles. The van der Waals surface area contributed by atoms with Crippen LogP contribution in [0, 0.1) is 0 Å². The fraction of sp³-hybridized carbons (Fsp3) is 0.111. The lowest BCUT2D eigenvalue weighted by Gasteiger charge is -2.11. The SMILES string of the molecule is COc1ccccc1-c1cc(=O)c2c(OC)c(C=O)c(O)cc2o1. The van der Waals surface area contributed by atoms with E-state index in [9.17, 15) is 14.7 Å². The Kier molecular flexibility index (Phi) is 3.95. The number of phenols is 1. The molecule has 0 saturated carbocycles. The van der Waals surface area contributed by atoms with E-state index in [1.807, 2.05) is 0 Å². The monoisotopic (exact) mass is 326 g/mol. The molecule has 0 radical (unpaired) electrons. The molecule has 24 heavy (non-hydrogen) atoms. The van der Waals surface area contributed by atoms with E-state index in [0.717, 1.165) is 0 Å². The lowest BCUT2D eigenvalue weighted by molar-refractivity contribution is 0.111. The van der Waals surface area contributed by atoms with E-state index in [1.165, 1.54) is 26.4 Å². The summed E-state index contributed by atoms with van der Waals surface area (Å²) in [5.41, 5.74) is 0.222. The summed E-state index contributed by atoms with van der Waals surface area (Å²) in [5, 5.41) is 10.1. The molecule has 6 nitrogen and oxygen atoms in total. The summed E-state index contributed by atoms with van der Waals surface area (Å²) < 4.78 is 16.2. The number of aromatic hydroxyl groups is 1. The van der Waals surface area contributed by atoms with Crippen molar-refractivity contribution in [3.63, 3.8) is 0 Å². The minimum absolute atomic E-state index is 0.0136. The van der Waals surface area contributed by atoms with Crippen LogP contribution in [-0.4, -0.2) is 25.6 Å². The predicted molar refractivity (Wildman–Crippen MR) is 88.1 cm³/mol. The van der Waals surface area contributed by atoms with Gasteiger partial charge >= 0.3 is 0 Å². The number of ether oxygens (including phenoxy) is 2. The van der Waals surface area contributed by atoms with E-state index < -0.39 is 5.43 Å². The highest BCUT2D eigenvalue weighted by atomic mass is 16.5. The average molecular weight is 326 g/mol. The number of methoxy groups -OCH3 is 2. The molecule has 122 valence electrons. The minimum Gasteiger partial charge on any atom is -0.507 e. The number of phenolic OH excluding ortho intramolecular Hbond substituents is 1. The Morgan fingerprint density at radius 2 is 1.88 bits per heavy atom. The van der Waals surface area contributed by atoms with E-state index in [-0.39, 0.29) is 33.8 Å². The fourth-order valence-corrected chi connectivity index (χ4v) is 2.60. The van der Waals surface area contributed by atoms with Gasteiger partial charge in [0.05, 0.1) is 25.3 Å². The van der Waals surface area contributed by atoms with Gasteiger partial charge in [0.25, 0.3) is 0 Å². The summed E-state index contributed by atoms with van der Waals surface area (Å²) in [7, 11) is 2.83. The Morgan fingerprint density at radius 1 is 1.12 bits per heavy atom. The molecule has 0 fully saturated rings. The summed E-state index contributed by atoms with van der Waals surface area (Å²) in [6, 6.07) is 9.60. The number of hydrogen-bond donors (Lipinski definition) is 1. The van der Waals surface area contributed by atoms with Crippen LogP contribution in [0.2, 0.25) is 0 Å². The fourth-order valence-electron chi connectivity index (χ4n) is 2.60. The molecule has 0 amide bonds. The van der Waals surface area contributed by atoms with Crippen LogP contribution in [0.5, 0.6) is 17.2 Å². The summed E-state index contributed by atoms with van der Waals surface area (Å²) in [6.07, 6.45) is 0.432. The van der Waals surface area contributed by atoms with Gasteiger partial charge in [-0.05, 0) is 12.1 Å². The zero-order valence-electron chi connectivity index (χ0n) is 13.0. The molecule has 0 aliphatic rings. The molecule has 0 bridgehead atoms. The Balaban J connectivity index is 2.37. The number of carbonyl (C=O) groups is 1. The van der Waals surface area contributed by atoms with Gasteiger partial charge in [0.15, 0.2) is 11.7 Å². The van der Waals surface area contributed by atoms with Crippen molar-refractivity contribution in [2.24, 2.45) is 0 Å². The van der Waals surface area contributed by atoms with Gasteiger partial charge in [-0.25, -0.2) is 0 Å². The van der Waals surface area contributed by atoms with E-state index in [4.69, 9.17) is 13.9 Å². The molecule has 3 aromatic rings. The van der Waals surface area contributed by atoms with Crippen LogP contribution in [0.15, 0.2) is 45.6 Å². The minimum atomic E-state index is -0.392. The summed E-state index contributed by atoms with van der Waals surface area (Å²) >= 11 is 0. The lowest BCUT2D eigenvalue weighted by atomic mass is 10.1. The number of hydrogen-bond acceptors (Lipinski definition) is 6. The van der Waals surface area contributed by atoms with Gasteiger partial charge < -0.3 is 19.0 Å². The quantitative estimate of drug-likeness (QED) is 0.742. The van der Waals surface area contributed by atoms with Gasteiger partial charge in [-0.3, -0.25) is 9.59 Å². The number of benzene rings is 2. The van der Waals surface area contributed by atoms with Crippen LogP contribution in [0.1, 0.15) is 10.4 Å². The normalized spacial score (nSPS) is 10.6. The van der Waals surface area contributed by atoms with Crippen LogP contribution < -0.4 is 14.9 Å². The second kappa shape index (κ2) is 6.08. The maximum absolute atomic E-state index is 12.6. The largest absolute Gasteiger partial charge is 0.507 e. The van der Waals surface area contributed by atoms with Crippen molar-refractivity contribution in [1.29, 1.82) is 0 Å². The van der Waals surface area contributed by atoms with Crippen molar-refractivity contribution in [1.82, 2.24) is 0 Å². The highest BCUT2D eigenvalue weighted by Crippen LogP contribution is 2.36. The molecule has 0 saturated heterocycles. The van der Waals surface area contributed by atoms with Gasteiger partial charge in [0.2, 0.25) is 0 Å². The molecule has 1 N–H and O–H groups in total. The third-order valence-electron chi connectivity index (χ3n) is 3.68. The molecule has 1 aromatic heterocycles. The maximum atomic E-state index is 12.6. The first-order chi connectivity index (χ1) is 11.6. The number of para-hydroxylation sites is 1. The second-order valence-corrected chi connectivity index (χ2v) is 5.01. The highest BCUT2D eigenvalue weighted by molar-refractivity contribution is 5.97. The number of aldehydes is 1. The Bertz CT molecular complexity index is 987. The average Bonchev–Trinajstić information content (AvgIpc) is 2.60. The smallest absolute Gasteiger partial charge is 0.197 e. The van der Waals surface area contributed by atoms with Crippen LogP contribution in [0.3, 0.4) is 0 Å². The molecule has 6 heteroatoms. The van der Waals surface area contributed by atoms with Crippen LogP contribution in [-0.2, 0) is 0 Å². The molecule has 1 heterocycles. The van der Waals surface area contributed by atoms with Crippen LogP contribution in [0.25, 0.3) is 22.3 Å². The summed E-state index contributed by atoms with van der Waals surface area (Å²) in [5.74, 6) is 0.487. The van der Waals surface area contributed by atoms with Crippen LogP contribution in [0.4, 0.5) is 0 Å². The Labute approximate surface area is 136 Å². The van der Waals surface area contributed by atoms with E-state index in [1.54, 1.807) is 24.3 Å². The van der Waals surface area contributed by atoms with Crippen molar-refractivity contribution >= 4 is 17.3 Å². The van der Waals surface area contributed by atoms with Crippen LogP contribution >= 0.6 is 0 Å². The van der Waals surface area contributed by atoms with Crippen molar-refractivity contribution in [2.45, 2.75) is 0 Å². The molecule has 0 spiro atoms. The maximum Gasteiger partial charge on any atom is 0.197 e. The first-order valence-electron chi connectivity index (χ1n) is 7.07. The number of rotatable bonds is 4. The van der Waals surface area contributed by atoms with E-state index >= 15 is 0 Å². The van der Waals surface area contributed by atoms with Gasteiger partial charge in [-0.15, -0.1) is 0 Å². The van der Waals surface area contributed by atoms with Crippen molar-refractivity contribution in [3.05, 3.63) is 52.2 Å². The van der Waals surface area contributed by atoms with Gasteiger partial charge in [0.1, 0.15) is 34.0 Å². The molecular formula is C18H14O6. The molecule has 0 atom stereocenters. The second-order valence-electron chi connectivity index (χ2n) is 5.01. The van der Waals surface area contributed by atoms with Crippen molar-refractivity contribution in [2.75, 3.05) is 14.2 Å².